The Bertz CT molecular complexity index is 1200. The van der Waals surface area contributed by atoms with Crippen LogP contribution in [0.3, 0.4) is 0 Å². The van der Waals surface area contributed by atoms with Crippen LogP contribution in [-0.2, 0) is 17.6 Å². The summed E-state index contributed by atoms with van der Waals surface area (Å²) in [7, 11) is 0. The molecule has 2 aromatic heterocycles. The fraction of sp³-hybridized carbons (Fsp3) is 0.250. The van der Waals surface area contributed by atoms with Gasteiger partial charge in [-0.05, 0) is 49.1 Å². The molecule has 4 aromatic rings. The normalized spacial score (nSPS) is 11.1. The summed E-state index contributed by atoms with van der Waals surface area (Å²) in [6, 6.07) is 18.2. The monoisotopic (exact) mass is 431 g/mol. The van der Waals surface area contributed by atoms with Gasteiger partial charge in [-0.1, -0.05) is 61.2 Å². The number of thioether (sulfide) groups is 1. The topological polar surface area (TPSA) is 72.2 Å². The van der Waals surface area contributed by atoms with Gasteiger partial charge in [0.25, 0.3) is 5.78 Å². The SMILES string of the molecule is CCc1ccc(NC(=O)CSc2nc3nc(C)c(Cc4ccccc4)c(C)n3n2)cc1. The summed E-state index contributed by atoms with van der Waals surface area (Å²) >= 11 is 1.31. The summed E-state index contributed by atoms with van der Waals surface area (Å²) in [4.78, 5) is 21.5. The first kappa shape index (κ1) is 21.1. The average molecular weight is 432 g/mol. The second kappa shape index (κ2) is 9.31. The van der Waals surface area contributed by atoms with Crippen molar-refractivity contribution in [2.75, 3.05) is 11.1 Å². The molecule has 2 heterocycles. The van der Waals surface area contributed by atoms with Gasteiger partial charge in [0, 0.05) is 23.5 Å². The second-order valence-corrected chi connectivity index (χ2v) is 8.36. The van der Waals surface area contributed by atoms with Gasteiger partial charge in [0.2, 0.25) is 11.1 Å². The first-order valence-electron chi connectivity index (χ1n) is 10.3. The van der Waals surface area contributed by atoms with Gasteiger partial charge in [0.15, 0.2) is 0 Å². The number of aryl methyl sites for hydroxylation is 3. The van der Waals surface area contributed by atoms with Gasteiger partial charge < -0.3 is 5.32 Å². The van der Waals surface area contributed by atoms with Crippen LogP contribution in [0.2, 0.25) is 0 Å². The molecule has 0 fully saturated rings. The Morgan fingerprint density at radius 1 is 1.00 bits per heavy atom. The summed E-state index contributed by atoms with van der Waals surface area (Å²) in [6.45, 7) is 6.15. The Kier molecular flexibility index (Phi) is 6.32. The molecular formula is C24H25N5OS. The van der Waals surface area contributed by atoms with Crippen LogP contribution in [0, 0.1) is 13.8 Å². The molecular weight excluding hydrogens is 406 g/mol. The summed E-state index contributed by atoms with van der Waals surface area (Å²) in [5.74, 6) is 0.713. The van der Waals surface area contributed by atoms with Crippen LogP contribution in [0.1, 0.15) is 35.0 Å². The molecule has 0 bridgehead atoms. The third kappa shape index (κ3) is 4.94. The Labute approximate surface area is 186 Å². The number of hydrogen-bond acceptors (Lipinski definition) is 5. The fourth-order valence-electron chi connectivity index (χ4n) is 3.46. The largest absolute Gasteiger partial charge is 0.325 e. The van der Waals surface area contributed by atoms with Gasteiger partial charge >= 0.3 is 0 Å². The zero-order valence-corrected chi connectivity index (χ0v) is 18.7. The van der Waals surface area contributed by atoms with E-state index in [9.17, 15) is 4.79 Å². The van der Waals surface area contributed by atoms with E-state index in [1.807, 2.05) is 56.3 Å². The summed E-state index contributed by atoms with van der Waals surface area (Å²) in [5, 5.41) is 8.04. The zero-order valence-electron chi connectivity index (χ0n) is 17.9. The Hall–Kier alpha value is -3.19. The molecule has 0 atom stereocenters. The number of hydrogen-bond donors (Lipinski definition) is 1. The number of amides is 1. The van der Waals surface area contributed by atoms with Crippen molar-refractivity contribution >= 4 is 29.1 Å². The van der Waals surface area contributed by atoms with E-state index >= 15 is 0 Å². The van der Waals surface area contributed by atoms with Gasteiger partial charge in [-0.25, -0.2) is 9.50 Å². The lowest BCUT2D eigenvalue weighted by molar-refractivity contribution is -0.113. The zero-order chi connectivity index (χ0) is 21.8. The minimum atomic E-state index is -0.0845. The fourth-order valence-corrected chi connectivity index (χ4v) is 4.08. The first-order valence-corrected chi connectivity index (χ1v) is 11.3. The molecule has 1 amide bonds. The number of nitrogens with one attached hydrogen (secondary N) is 1. The molecule has 158 valence electrons. The number of carbonyl (C=O) groups excluding carboxylic acids is 1. The van der Waals surface area contributed by atoms with Crippen LogP contribution in [0.4, 0.5) is 5.69 Å². The summed E-state index contributed by atoms with van der Waals surface area (Å²) < 4.78 is 1.77. The second-order valence-electron chi connectivity index (χ2n) is 7.42. The van der Waals surface area contributed by atoms with E-state index in [0.29, 0.717) is 10.9 Å². The van der Waals surface area contributed by atoms with Crippen LogP contribution < -0.4 is 5.32 Å². The van der Waals surface area contributed by atoms with Crippen molar-refractivity contribution in [3.63, 3.8) is 0 Å². The number of fused-ring (bicyclic) bond motifs is 1. The lowest BCUT2D eigenvalue weighted by Gasteiger charge is -2.10. The predicted octanol–water partition coefficient (Wildman–Crippen LogP) is 4.63. The number of aromatic nitrogens is 4. The van der Waals surface area contributed by atoms with Crippen LogP contribution in [-0.4, -0.2) is 31.2 Å². The maximum atomic E-state index is 12.3. The van der Waals surface area contributed by atoms with Gasteiger partial charge in [-0.2, -0.15) is 4.98 Å². The van der Waals surface area contributed by atoms with Crippen molar-refractivity contribution in [3.05, 3.63) is 82.7 Å². The number of nitrogens with zero attached hydrogens (tertiary/aromatic N) is 4. The lowest BCUT2D eigenvalue weighted by Crippen LogP contribution is -2.14. The maximum Gasteiger partial charge on any atom is 0.253 e. The van der Waals surface area contributed by atoms with E-state index in [-0.39, 0.29) is 11.7 Å². The van der Waals surface area contributed by atoms with E-state index in [1.54, 1.807) is 4.52 Å². The van der Waals surface area contributed by atoms with Gasteiger partial charge in [-0.15, -0.1) is 5.10 Å². The number of rotatable bonds is 7. The molecule has 0 aliphatic heterocycles. The van der Waals surface area contributed by atoms with Crippen molar-refractivity contribution < 1.29 is 4.79 Å². The van der Waals surface area contributed by atoms with Crippen LogP contribution in [0.5, 0.6) is 0 Å². The molecule has 0 saturated carbocycles. The number of carbonyl (C=O) groups is 1. The Morgan fingerprint density at radius 3 is 2.45 bits per heavy atom. The molecule has 0 aliphatic carbocycles. The minimum Gasteiger partial charge on any atom is -0.325 e. The molecule has 31 heavy (non-hydrogen) atoms. The Balaban J connectivity index is 1.46. The molecule has 1 N–H and O–H groups in total. The van der Waals surface area contributed by atoms with Crippen molar-refractivity contribution in [1.82, 2.24) is 19.6 Å². The third-order valence-electron chi connectivity index (χ3n) is 5.23. The molecule has 4 rings (SSSR count). The van der Waals surface area contributed by atoms with E-state index in [1.165, 1.54) is 22.9 Å². The standard InChI is InChI=1S/C24H25N5OS/c1-4-18-10-12-20(13-11-18)26-22(30)15-31-24-27-23-25-16(2)21(17(3)29(23)28-24)14-19-8-6-5-7-9-19/h5-13H,4,14-15H2,1-3H3,(H,26,30). The van der Waals surface area contributed by atoms with Crippen LogP contribution >= 0.6 is 11.8 Å². The van der Waals surface area contributed by atoms with Crippen LogP contribution in [0.15, 0.2) is 59.8 Å². The highest BCUT2D eigenvalue weighted by Crippen LogP contribution is 2.21. The van der Waals surface area contributed by atoms with Crippen molar-refractivity contribution in [2.45, 2.75) is 38.8 Å². The van der Waals surface area contributed by atoms with E-state index < -0.39 is 0 Å². The molecule has 0 saturated heterocycles. The molecule has 0 radical (unpaired) electrons. The highest BCUT2D eigenvalue weighted by molar-refractivity contribution is 7.99. The Morgan fingerprint density at radius 2 is 1.74 bits per heavy atom. The minimum absolute atomic E-state index is 0.0845. The van der Waals surface area contributed by atoms with Crippen molar-refractivity contribution in [2.24, 2.45) is 0 Å². The maximum absolute atomic E-state index is 12.3. The molecule has 0 unspecified atom stereocenters. The van der Waals surface area contributed by atoms with Gasteiger partial charge in [0.1, 0.15) is 0 Å². The van der Waals surface area contributed by atoms with E-state index in [2.05, 4.69) is 39.4 Å². The quantitative estimate of drug-likeness (QED) is 0.432. The van der Waals surface area contributed by atoms with Crippen molar-refractivity contribution in [1.29, 1.82) is 0 Å². The predicted molar refractivity (Wildman–Crippen MR) is 125 cm³/mol. The average Bonchev–Trinajstić information content (AvgIpc) is 3.19. The summed E-state index contributed by atoms with van der Waals surface area (Å²) in [5.41, 5.74) is 6.38. The lowest BCUT2D eigenvalue weighted by atomic mass is 10.0. The number of anilines is 1. The molecule has 2 aromatic carbocycles. The highest BCUT2D eigenvalue weighted by Gasteiger charge is 2.15. The third-order valence-corrected chi connectivity index (χ3v) is 6.07. The van der Waals surface area contributed by atoms with E-state index in [0.717, 1.165) is 35.5 Å². The molecule has 6 nitrogen and oxygen atoms in total. The van der Waals surface area contributed by atoms with E-state index in [4.69, 9.17) is 0 Å². The molecule has 7 heteroatoms. The van der Waals surface area contributed by atoms with Crippen molar-refractivity contribution in [3.8, 4) is 0 Å². The molecule has 0 spiro atoms. The van der Waals surface area contributed by atoms with Gasteiger partial charge in [-0.3, -0.25) is 4.79 Å². The number of benzene rings is 2. The van der Waals surface area contributed by atoms with Crippen LogP contribution in [0.25, 0.3) is 5.78 Å². The highest BCUT2D eigenvalue weighted by atomic mass is 32.2. The summed E-state index contributed by atoms with van der Waals surface area (Å²) in [6.07, 6.45) is 1.77. The molecule has 0 aliphatic rings. The smallest absolute Gasteiger partial charge is 0.253 e. The first-order chi connectivity index (χ1) is 15.0. The van der Waals surface area contributed by atoms with Gasteiger partial charge in [0.05, 0.1) is 5.75 Å².